The van der Waals surface area contributed by atoms with Crippen LogP contribution in [-0.2, 0) is 24.1 Å². The molecule has 4 aromatic carbocycles. The number of aryl methyl sites for hydroxylation is 3. The van der Waals surface area contributed by atoms with Gasteiger partial charge in [0.1, 0.15) is 5.82 Å². The van der Waals surface area contributed by atoms with Crippen LogP contribution in [0.5, 0.6) is 0 Å². The number of fused-ring (bicyclic) bond motifs is 1. The van der Waals surface area contributed by atoms with Crippen LogP contribution in [0.15, 0.2) is 109 Å². The summed E-state index contributed by atoms with van der Waals surface area (Å²) in [4.78, 5) is 17.2. The molecule has 0 spiro atoms. The second-order valence-corrected chi connectivity index (χ2v) is 8.42. The number of hydrogen-bond acceptors (Lipinski definition) is 2. The van der Waals surface area contributed by atoms with Crippen molar-refractivity contribution in [2.24, 2.45) is 0 Å². The van der Waals surface area contributed by atoms with Crippen molar-refractivity contribution in [2.45, 2.75) is 25.7 Å². The van der Waals surface area contributed by atoms with Gasteiger partial charge in [0.2, 0.25) is 5.91 Å². The topological polar surface area (TPSA) is 46.9 Å². The molecule has 0 aliphatic carbocycles. The molecule has 34 heavy (non-hydrogen) atoms. The highest BCUT2D eigenvalue weighted by Gasteiger charge is 2.12. The number of nitrogens with one attached hydrogen (secondary N) is 1. The van der Waals surface area contributed by atoms with Crippen LogP contribution in [0.1, 0.15) is 23.4 Å². The van der Waals surface area contributed by atoms with E-state index < -0.39 is 0 Å². The Morgan fingerprint density at radius 3 is 2.09 bits per heavy atom. The van der Waals surface area contributed by atoms with E-state index in [0.29, 0.717) is 6.42 Å². The monoisotopic (exact) mass is 445 g/mol. The Hall–Kier alpha value is -4.18. The minimum atomic E-state index is 0.0354. The smallest absolute Gasteiger partial charge is 0.224 e. The standard InChI is InChI=1S/C30H27N3O/c34-30(22-18-23-9-3-1-4-10-23)31-25-19-15-24(16-20-25)17-21-29-32-27-13-7-8-14-28(27)33(29)26-11-5-2-6-12-26/h1-16,19-20H,17-18,21-22H2,(H,31,34). The third-order valence-electron chi connectivity index (χ3n) is 6.00. The summed E-state index contributed by atoms with van der Waals surface area (Å²) in [5.74, 6) is 1.08. The summed E-state index contributed by atoms with van der Waals surface area (Å²) in [7, 11) is 0. The quantitative estimate of drug-likeness (QED) is 0.301. The van der Waals surface area contributed by atoms with Gasteiger partial charge in [0.15, 0.2) is 0 Å². The molecule has 1 N–H and O–H groups in total. The normalized spacial score (nSPS) is 10.9. The number of carbonyl (C=O) groups excluding carboxylic acids is 1. The van der Waals surface area contributed by atoms with Gasteiger partial charge < -0.3 is 5.32 Å². The van der Waals surface area contributed by atoms with Crippen molar-refractivity contribution in [3.8, 4) is 5.69 Å². The van der Waals surface area contributed by atoms with Crippen molar-refractivity contribution in [3.05, 3.63) is 126 Å². The summed E-state index contributed by atoms with van der Waals surface area (Å²) in [6.45, 7) is 0. The molecule has 0 fully saturated rings. The average molecular weight is 446 g/mol. The van der Waals surface area contributed by atoms with Crippen LogP contribution in [0.25, 0.3) is 16.7 Å². The zero-order chi connectivity index (χ0) is 23.2. The first kappa shape index (κ1) is 21.7. The van der Waals surface area contributed by atoms with Gasteiger partial charge in [-0.05, 0) is 60.4 Å². The molecule has 0 bridgehead atoms. The molecule has 4 heteroatoms. The molecule has 5 aromatic rings. The van der Waals surface area contributed by atoms with E-state index >= 15 is 0 Å². The first-order chi connectivity index (χ1) is 16.8. The second-order valence-electron chi connectivity index (χ2n) is 8.42. The number of rotatable bonds is 8. The lowest BCUT2D eigenvalue weighted by Gasteiger charge is -2.10. The minimum absolute atomic E-state index is 0.0354. The molecule has 0 aliphatic rings. The van der Waals surface area contributed by atoms with Gasteiger partial charge in [-0.1, -0.05) is 72.8 Å². The zero-order valence-electron chi connectivity index (χ0n) is 19.0. The number of aromatic nitrogens is 2. The Morgan fingerprint density at radius 2 is 1.32 bits per heavy atom. The largest absolute Gasteiger partial charge is 0.326 e. The van der Waals surface area contributed by atoms with Crippen LogP contribution in [0.2, 0.25) is 0 Å². The van der Waals surface area contributed by atoms with E-state index in [4.69, 9.17) is 4.98 Å². The van der Waals surface area contributed by atoms with E-state index in [2.05, 4.69) is 64.5 Å². The first-order valence-corrected chi connectivity index (χ1v) is 11.7. The van der Waals surface area contributed by atoms with Crippen LogP contribution in [0.4, 0.5) is 5.69 Å². The molecular weight excluding hydrogens is 418 g/mol. The number of anilines is 1. The summed E-state index contributed by atoms with van der Waals surface area (Å²) in [5.41, 5.74) is 6.48. The van der Waals surface area contributed by atoms with Crippen LogP contribution in [0.3, 0.4) is 0 Å². The molecule has 0 unspecified atom stereocenters. The van der Waals surface area contributed by atoms with Gasteiger partial charge in [0, 0.05) is 24.2 Å². The number of hydrogen-bond donors (Lipinski definition) is 1. The maximum Gasteiger partial charge on any atom is 0.224 e. The molecule has 4 nitrogen and oxygen atoms in total. The van der Waals surface area contributed by atoms with E-state index in [-0.39, 0.29) is 5.91 Å². The fourth-order valence-electron chi connectivity index (χ4n) is 4.25. The number of imidazole rings is 1. The Labute approximate surface area is 199 Å². The summed E-state index contributed by atoms with van der Waals surface area (Å²) >= 11 is 0. The molecule has 0 saturated heterocycles. The lowest BCUT2D eigenvalue weighted by Crippen LogP contribution is -2.12. The van der Waals surface area contributed by atoms with Gasteiger partial charge >= 0.3 is 0 Å². The number of amides is 1. The Morgan fingerprint density at radius 1 is 0.676 bits per heavy atom. The fraction of sp³-hybridized carbons (Fsp3) is 0.133. The fourth-order valence-corrected chi connectivity index (χ4v) is 4.25. The highest BCUT2D eigenvalue weighted by molar-refractivity contribution is 5.90. The number of nitrogens with zero attached hydrogens (tertiary/aromatic N) is 2. The molecule has 0 radical (unpaired) electrons. The summed E-state index contributed by atoms with van der Waals surface area (Å²) in [6.07, 6.45) is 2.92. The Kier molecular flexibility index (Phi) is 6.48. The van der Waals surface area contributed by atoms with E-state index in [1.165, 1.54) is 11.1 Å². The number of benzene rings is 4. The van der Waals surface area contributed by atoms with E-state index in [9.17, 15) is 4.79 Å². The molecule has 5 rings (SSSR count). The van der Waals surface area contributed by atoms with Crippen molar-refractivity contribution in [2.75, 3.05) is 5.32 Å². The van der Waals surface area contributed by atoms with Crippen molar-refractivity contribution >= 4 is 22.6 Å². The lowest BCUT2D eigenvalue weighted by molar-refractivity contribution is -0.116. The summed E-state index contributed by atoms with van der Waals surface area (Å²) < 4.78 is 2.25. The molecule has 1 amide bonds. The number of para-hydroxylation sites is 3. The van der Waals surface area contributed by atoms with Crippen molar-refractivity contribution < 1.29 is 4.79 Å². The highest BCUT2D eigenvalue weighted by atomic mass is 16.1. The van der Waals surface area contributed by atoms with Crippen molar-refractivity contribution in [1.82, 2.24) is 9.55 Å². The van der Waals surface area contributed by atoms with Gasteiger partial charge in [-0.25, -0.2) is 4.98 Å². The van der Waals surface area contributed by atoms with Crippen molar-refractivity contribution in [3.63, 3.8) is 0 Å². The molecule has 0 saturated carbocycles. The molecule has 0 aliphatic heterocycles. The summed E-state index contributed by atoms with van der Waals surface area (Å²) in [5, 5.41) is 3.01. The van der Waals surface area contributed by atoms with E-state index in [1.54, 1.807) is 0 Å². The first-order valence-electron chi connectivity index (χ1n) is 11.7. The second kappa shape index (κ2) is 10.2. The third kappa shape index (κ3) is 5.07. The van der Waals surface area contributed by atoms with Crippen LogP contribution in [0, 0.1) is 0 Å². The molecular formula is C30H27N3O. The molecule has 0 atom stereocenters. The predicted octanol–water partition coefficient (Wildman–Crippen LogP) is 6.38. The van der Waals surface area contributed by atoms with Crippen LogP contribution < -0.4 is 5.32 Å². The Bertz CT molecular complexity index is 1370. The highest BCUT2D eigenvalue weighted by Crippen LogP contribution is 2.23. The third-order valence-corrected chi connectivity index (χ3v) is 6.00. The van der Waals surface area contributed by atoms with Gasteiger partial charge in [-0.3, -0.25) is 9.36 Å². The minimum Gasteiger partial charge on any atom is -0.326 e. The average Bonchev–Trinajstić information content (AvgIpc) is 3.27. The van der Waals surface area contributed by atoms with Gasteiger partial charge in [-0.15, -0.1) is 0 Å². The summed E-state index contributed by atoms with van der Waals surface area (Å²) in [6, 6.07) is 36.9. The predicted molar refractivity (Wildman–Crippen MR) is 138 cm³/mol. The van der Waals surface area contributed by atoms with Crippen LogP contribution in [-0.4, -0.2) is 15.5 Å². The van der Waals surface area contributed by atoms with Gasteiger partial charge in [0.25, 0.3) is 0 Å². The molecule has 1 heterocycles. The molecule has 168 valence electrons. The Balaban J connectivity index is 1.23. The van der Waals surface area contributed by atoms with Gasteiger partial charge in [-0.2, -0.15) is 0 Å². The van der Waals surface area contributed by atoms with E-state index in [0.717, 1.165) is 47.5 Å². The maximum absolute atomic E-state index is 12.3. The van der Waals surface area contributed by atoms with Gasteiger partial charge in [0.05, 0.1) is 11.0 Å². The molecule has 1 aromatic heterocycles. The SMILES string of the molecule is O=C(CCc1ccccc1)Nc1ccc(CCc2nc3ccccc3n2-c2ccccc2)cc1. The van der Waals surface area contributed by atoms with Crippen molar-refractivity contribution in [1.29, 1.82) is 0 Å². The lowest BCUT2D eigenvalue weighted by atomic mass is 10.1. The zero-order valence-corrected chi connectivity index (χ0v) is 19.0. The number of carbonyl (C=O) groups is 1. The van der Waals surface area contributed by atoms with E-state index in [1.807, 2.05) is 54.6 Å². The maximum atomic E-state index is 12.3. The van der Waals surface area contributed by atoms with Crippen LogP contribution >= 0.6 is 0 Å².